The Hall–Kier alpha value is -1.99. The third-order valence-electron chi connectivity index (χ3n) is 24.8. The first-order valence-electron chi connectivity index (χ1n) is 33.7. The van der Waals surface area contributed by atoms with Gasteiger partial charge in [0.05, 0.1) is 69.0 Å². The lowest BCUT2D eigenvalue weighted by Crippen LogP contribution is -2.72. The van der Waals surface area contributed by atoms with E-state index in [0.717, 1.165) is 5.57 Å². The first kappa shape index (κ1) is 75.2. The number of hydrogen-bond acceptors (Lipinski definition) is 32. The Morgan fingerprint density at radius 2 is 1.02 bits per heavy atom. The molecule has 0 bridgehead atoms. The quantitative estimate of drug-likeness (QED) is 0.0412. The number of carbonyl (C=O) groups excluding carboxylic acids is 1. The number of aliphatic hydroxyl groups is 19. The average Bonchev–Trinajstić information content (AvgIpc) is 0.669. The largest absolute Gasteiger partial charge is 0.432 e. The zero-order chi connectivity index (χ0) is 70.2. The number of hydrogen-bond donors (Lipinski definition) is 19. The fraction of sp³-hybridized carbons (Fsp3) is 0.953. The molecule has 0 aromatic rings. The molecule has 4 saturated carbocycles. The zero-order valence-corrected chi connectivity index (χ0v) is 55.2. The van der Waals surface area contributed by atoms with Crippen LogP contribution in [0.15, 0.2) is 11.6 Å². The van der Waals surface area contributed by atoms with Crippen molar-refractivity contribution in [1.82, 2.24) is 0 Å². The Morgan fingerprint density at radius 3 is 1.62 bits per heavy atom. The fourth-order valence-electron chi connectivity index (χ4n) is 19.1. The zero-order valence-electron chi connectivity index (χ0n) is 55.2. The van der Waals surface area contributed by atoms with E-state index in [4.69, 9.17) is 56.8 Å². The van der Waals surface area contributed by atoms with Crippen LogP contribution >= 0.6 is 0 Å². The summed E-state index contributed by atoms with van der Waals surface area (Å²) in [4.78, 5) is 15.5. The highest BCUT2D eigenvalue weighted by atomic mass is 16.8. The number of ether oxygens (including phenoxy) is 12. The van der Waals surface area contributed by atoms with Crippen LogP contribution in [0.4, 0.5) is 0 Å². The van der Waals surface area contributed by atoms with Crippen molar-refractivity contribution in [3.05, 3.63) is 11.6 Å². The Labute approximate surface area is 555 Å². The van der Waals surface area contributed by atoms with E-state index >= 15 is 4.79 Å². The van der Waals surface area contributed by atoms with Gasteiger partial charge in [0, 0.05) is 11.3 Å². The molecule has 39 atom stereocenters. The molecule has 0 aromatic carbocycles. The maximum atomic E-state index is 15.5. The van der Waals surface area contributed by atoms with Crippen LogP contribution in [0.5, 0.6) is 0 Å². The average molecular weight is 1390 g/mol. The smallest absolute Gasteiger partial charge is 0.315 e. The molecule has 96 heavy (non-hydrogen) atoms. The third-order valence-corrected chi connectivity index (χ3v) is 24.8. The molecule has 10 fully saturated rings. The summed E-state index contributed by atoms with van der Waals surface area (Å²) in [6.45, 7) is 11.8. The van der Waals surface area contributed by atoms with Gasteiger partial charge in [-0.05, 0) is 98.7 Å². The minimum atomic E-state index is -2.05. The molecule has 32 heteroatoms. The van der Waals surface area contributed by atoms with Crippen LogP contribution in [-0.2, 0) is 61.6 Å². The Morgan fingerprint density at radius 1 is 0.490 bits per heavy atom. The highest BCUT2D eigenvalue weighted by Gasteiger charge is 2.74. The van der Waals surface area contributed by atoms with E-state index in [9.17, 15) is 97.0 Å². The summed E-state index contributed by atoms with van der Waals surface area (Å²) in [5.41, 5.74) is -4.08. The standard InChI is InChI=1S/C64H104O32/c1-23-34(71)38(75)42(79)53(87-23)93-48-32(91-55-43(80)39(76)36(73)30(18-65)89-55)21-86-52(46(48)83)92-47-24(2)88-54(45(82)41(47)78)94-49-35(72)29(70)20-85-57(49)96-58(84)64-13-11-59(3,4)15-26(64)25-9-10-33-60(5)16-28(69)51(95-56-44(81)40(77)37(74)31(19-66)90-56)61(6,22-67)50(60)27(68)17-63(33,8)62(25,7)12-14-64/h9,23-24,26-57,65-83H,10-22H2,1-8H3/t23-,24+,26-,27+,28-,29-,30+,31+,32+,33+,34-,35-,36+,37+,38+,39+,40+,41+,42-,43+,44-,45+,46+,47-,48-,49+,50-,51-,52+,53-,54-,55-,56-,57+,60+,61-,62+,63+,64+/m0/s1. The number of esters is 1. The number of rotatable bonds is 15. The normalized spacial score (nSPS) is 55.9. The van der Waals surface area contributed by atoms with Gasteiger partial charge >= 0.3 is 5.97 Å². The van der Waals surface area contributed by atoms with Crippen LogP contribution in [0.25, 0.3) is 0 Å². The molecule has 11 aliphatic rings. The maximum absolute atomic E-state index is 15.5. The van der Waals surface area contributed by atoms with Crippen LogP contribution < -0.4 is 0 Å². The van der Waals surface area contributed by atoms with E-state index < -0.39 is 268 Å². The van der Waals surface area contributed by atoms with Gasteiger partial charge in [-0.1, -0.05) is 53.2 Å². The van der Waals surface area contributed by atoms with Gasteiger partial charge in [-0.25, -0.2) is 0 Å². The van der Waals surface area contributed by atoms with Crippen LogP contribution in [0, 0.1) is 50.2 Å². The van der Waals surface area contributed by atoms with Crippen LogP contribution in [-0.4, -0.2) is 326 Å². The molecule has 6 heterocycles. The van der Waals surface area contributed by atoms with Crippen molar-refractivity contribution >= 4 is 5.97 Å². The van der Waals surface area contributed by atoms with Gasteiger partial charge in [0.15, 0.2) is 37.6 Å². The van der Waals surface area contributed by atoms with Crippen LogP contribution in [0.1, 0.15) is 107 Å². The van der Waals surface area contributed by atoms with E-state index in [-0.39, 0.29) is 24.2 Å². The monoisotopic (exact) mass is 1380 g/mol. The second-order valence-electron chi connectivity index (χ2n) is 31.1. The molecule has 0 unspecified atom stereocenters. The molecule has 6 saturated heterocycles. The van der Waals surface area contributed by atoms with Crippen LogP contribution in [0.2, 0.25) is 0 Å². The molecule has 552 valence electrons. The molecule has 11 rings (SSSR count). The maximum Gasteiger partial charge on any atom is 0.315 e. The minimum absolute atomic E-state index is 0.0812. The second kappa shape index (κ2) is 27.9. The van der Waals surface area contributed by atoms with Gasteiger partial charge in [-0.2, -0.15) is 0 Å². The lowest BCUT2D eigenvalue weighted by molar-refractivity contribution is -0.389. The summed E-state index contributed by atoms with van der Waals surface area (Å²) < 4.78 is 71.6. The summed E-state index contributed by atoms with van der Waals surface area (Å²) in [6, 6.07) is 0. The van der Waals surface area contributed by atoms with Gasteiger partial charge in [0.2, 0.25) is 6.29 Å². The van der Waals surface area contributed by atoms with E-state index in [1.54, 1.807) is 6.92 Å². The van der Waals surface area contributed by atoms with Crippen molar-refractivity contribution in [2.45, 2.75) is 297 Å². The van der Waals surface area contributed by atoms with E-state index in [0.29, 0.717) is 38.5 Å². The lowest BCUT2D eigenvalue weighted by atomic mass is 9.33. The van der Waals surface area contributed by atoms with Crippen molar-refractivity contribution in [3.63, 3.8) is 0 Å². The molecule has 0 spiro atoms. The predicted molar refractivity (Wildman–Crippen MR) is 317 cm³/mol. The van der Waals surface area contributed by atoms with Crippen molar-refractivity contribution < 1.29 is 159 Å². The molecule has 0 amide bonds. The first-order valence-corrected chi connectivity index (χ1v) is 33.7. The summed E-state index contributed by atoms with van der Waals surface area (Å²) in [6.07, 6.45) is -46.3. The lowest BCUT2D eigenvalue weighted by Gasteiger charge is -2.72. The predicted octanol–water partition coefficient (Wildman–Crippen LogP) is -6.14. The van der Waals surface area contributed by atoms with Gasteiger partial charge < -0.3 is 154 Å². The third kappa shape index (κ3) is 12.6. The van der Waals surface area contributed by atoms with Crippen molar-refractivity contribution in [2.24, 2.45) is 50.2 Å². The summed E-state index contributed by atoms with van der Waals surface area (Å²) >= 11 is 0. The molecule has 5 aliphatic carbocycles. The van der Waals surface area contributed by atoms with Gasteiger partial charge in [0.25, 0.3) is 0 Å². The molecule has 0 radical (unpaired) electrons. The molecule has 6 aliphatic heterocycles. The Bertz CT molecular complexity index is 2710. The first-order chi connectivity index (χ1) is 45.0. The molecule has 0 aromatic heterocycles. The number of allylic oxidation sites excluding steroid dienone is 2. The second-order valence-corrected chi connectivity index (χ2v) is 31.1. The highest BCUT2D eigenvalue weighted by molar-refractivity contribution is 5.79. The summed E-state index contributed by atoms with van der Waals surface area (Å²) in [5.74, 6) is -2.04. The van der Waals surface area contributed by atoms with E-state index in [1.807, 2.05) is 6.92 Å². The van der Waals surface area contributed by atoms with Crippen LogP contribution in [0.3, 0.4) is 0 Å². The number of carbonyl (C=O) groups is 1. The number of fused-ring (bicyclic) bond motifs is 7. The Kier molecular flexibility index (Phi) is 21.8. The summed E-state index contributed by atoms with van der Waals surface area (Å²) in [5, 5.41) is 210. The number of aliphatic hydroxyl groups excluding tert-OH is 19. The van der Waals surface area contributed by atoms with Crippen molar-refractivity contribution in [1.29, 1.82) is 0 Å². The molecule has 32 nitrogen and oxygen atoms in total. The highest BCUT2D eigenvalue weighted by Crippen LogP contribution is 2.76. The Balaban J connectivity index is 0.795. The molecular formula is C64H104O32. The van der Waals surface area contributed by atoms with Crippen molar-refractivity contribution in [3.8, 4) is 0 Å². The summed E-state index contributed by atoms with van der Waals surface area (Å²) in [7, 11) is 0. The van der Waals surface area contributed by atoms with Crippen molar-refractivity contribution in [2.75, 3.05) is 33.0 Å². The van der Waals surface area contributed by atoms with E-state index in [1.165, 1.54) is 13.8 Å². The van der Waals surface area contributed by atoms with Gasteiger partial charge in [-0.3, -0.25) is 4.79 Å². The topological polar surface area (TPSA) is 512 Å². The minimum Gasteiger partial charge on any atom is -0.432 e. The van der Waals surface area contributed by atoms with E-state index in [2.05, 4.69) is 33.8 Å². The fourth-order valence-corrected chi connectivity index (χ4v) is 19.1. The molecule has 19 N–H and O–H groups in total. The van der Waals surface area contributed by atoms with Gasteiger partial charge in [0.1, 0.15) is 116 Å². The molecular weight excluding hydrogens is 1280 g/mol. The SMILES string of the molecule is C[C@@H]1O[C@@H](O[C@@H]2[C@@H](O)[C@@H](O[C@@H]3[C@H](O)[C@@H](O)[C@H](O[C@H]4[C@@H](OC(=O)[C@@]56CCC(C)(C)C[C@H]5C5=CC[C@@H]7[C@@]8(C)C[C@H](O)[C@H](O[C@@H]9O[C@H](CO)[C@@H](O)[C@@H](O)[C@@H]9O)[C@@](C)(CO)[C@H]8[C@H](O)C[C@@]7(C)[C@]5(C)CC6)OC[C@H](O)[C@@H]4O)O[C@@H]3C)OC[C@H]2O[C@@H]2O[C@H](CO)[C@@H](O)[C@@H](O)[C@H]2O)[C@@H](O)[C@H](O)[C@H]1O. The van der Waals surface area contributed by atoms with Gasteiger partial charge in [-0.15, -0.1) is 0 Å².